The molecule has 1 heterocycles. The standard InChI is InChI=1S/C13H4Br4O4/c14-5-1-3-9(18)4-2-6(15)11(20)8(17)13(4)21-12(3)7(16)10(5)19/h1-2,19-20H. The summed E-state index contributed by atoms with van der Waals surface area (Å²) >= 11 is 12.8. The van der Waals surface area contributed by atoms with Gasteiger partial charge in [0.1, 0.15) is 20.4 Å². The molecule has 0 amide bonds. The summed E-state index contributed by atoms with van der Waals surface area (Å²) in [5, 5.41) is 20.4. The number of hydrogen-bond acceptors (Lipinski definition) is 4. The molecule has 21 heavy (non-hydrogen) atoms. The molecule has 0 aliphatic rings. The summed E-state index contributed by atoms with van der Waals surface area (Å²) in [6, 6.07) is 2.99. The molecule has 2 aromatic carbocycles. The van der Waals surface area contributed by atoms with Crippen LogP contribution in [0.1, 0.15) is 0 Å². The number of benzene rings is 2. The minimum absolute atomic E-state index is 0.0672. The van der Waals surface area contributed by atoms with Crippen LogP contribution in [0.15, 0.2) is 39.2 Å². The number of phenolic OH excluding ortho intramolecular Hbond substituents is 2. The molecule has 0 aliphatic heterocycles. The smallest absolute Gasteiger partial charge is 0.200 e. The predicted molar refractivity (Wildman–Crippen MR) is 94.1 cm³/mol. The van der Waals surface area contributed by atoms with Crippen LogP contribution in [0.3, 0.4) is 0 Å². The van der Waals surface area contributed by atoms with Crippen molar-refractivity contribution in [2.24, 2.45) is 0 Å². The molecule has 0 atom stereocenters. The van der Waals surface area contributed by atoms with E-state index in [1.165, 1.54) is 12.1 Å². The Balaban J connectivity index is 2.66. The fourth-order valence-electron chi connectivity index (χ4n) is 1.97. The summed E-state index contributed by atoms with van der Waals surface area (Å²) in [5.41, 5.74) is 0.139. The fraction of sp³-hybridized carbons (Fsp3) is 0. The Morgan fingerprint density at radius 3 is 1.57 bits per heavy atom. The first-order valence-electron chi connectivity index (χ1n) is 5.47. The molecule has 3 rings (SSSR count). The van der Waals surface area contributed by atoms with Gasteiger partial charge >= 0.3 is 0 Å². The van der Waals surface area contributed by atoms with Crippen molar-refractivity contribution in [2.75, 3.05) is 0 Å². The maximum Gasteiger partial charge on any atom is 0.200 e. The fourth-order valence-corrected chi connectivity index (χ4v) is 4.37. The summed E-state index contributed by atoms with van der Waals surface area (Å²) in [6.07, 6.45) is 0. The highest BCUT2D eigenvalue weighted by atomic mass is 79.9. The third kappa shape index (κ3) is 2.23. The Labute approximate surface area is 151 Å². The normalized spacial score (nSPS) is 11.4. The second kappa shape index (κ2) is 5.26. The van der Waals surface area contributed by atoms with Gasteiger partial charge in [0.05, 0.1) is 19.7 Å². The number of fused-ring (bicyclic) bond motifs is 2. The molecule has 108 valence electrons. The van der Waals surface area contributed by atoms with E-state index >= 15 is 0 Å². The second-order valence-corrected chi connectivity index (χ2v) is 7.52. The van der Waals surface area contributed by atoms with Gasteiger partial charge in [0, 0.05) is 0 Å². The van der Waals surface area contributed by atoms with Crippen LogP contribution in [0.2, 0.25) is 0 Å². The molecule has 8 heteroatoms. The molecule has 2 N–H and O–H groups in total. The molecule has 0 unspecified atom stereocenters. The molecule has 3 aromatic rings. The average Bonchev–Trinajstić information content (AvgIpc) is 2.45. The van der Waals surface area contributed by atoms with Gasteiger partial charge in [-0.05, 0) is 75.9 Å². The molecule has 0 saturated carbocycles. The van der Waals surface area contributed by atoms with Crippen molar-refractivity contribution < 1.29 is 14.6 Å². The van der Waals surface area contributed by atoms with Crippen LogP contribution in [0, 0.1) is 0 Å². The van der Waals surface area contributed by atoms with Crippen molar-refractivity contribution in [3.05, 3.63) is 40.2 Å². The van der Waals surface area contributed by atoms with E-state index < -0.39 is 0 Å². The van der Waals surface area contributed by atoms with E-state index in [-0.39, 0.29) is 37.0 Å². The van der Waals surface area contributed by atoms with Crippen LogP contribution in [0.5, 0.6) is 11.5 Å². The van der Waals surface area contributed by atoms with E-state index in [1.807, 2.05) is 0 Å². The average molecular weight is 544 g/mol. The summed E-state index contributed by atoms with van der Waals surface area (Å²) in [4.78, 5) is 12.6. The minimum Gasteiger partial charge on any atom is -0.505 e. The Hall–Kier alpha value is -0.570. The molecular weight excluding hydrogens is 540 g/mol. The zero-order chi connectivity index (χ0) is 15.5. The lowest BCUT2D eigenvalue weighted by Gasteiger charge is -2.09. The highest BCUT2D eigenvalue weighted by Crippen LogP contribution is 2.42. The number of rotatable bonds is 0. The van der Waals surface area contributed by atoms with Crippen LogP contribution in [0.25, 0.3) is 21.9 Å². The SMILES string of the molecule is O=c1c2cc(Br)c(O)c(Br)c2oc2c(Br)c(O)c(Br)cc12. The lowest BCUT2D eigenvalue weighted by molar-refractivity contribution is 0.466. The van der Waals surface area contributed by atoms with E-state index in [2.05, 4.69) is 63.7 Å². The van der Waals surface area contributed by atoms with Gasteiger partial charge in [0.25, 0.3) is 0 Å². The van der Waals surface area contributed by atoms with Crippen LogP contribution in [-0.4, -0.2) is 10.2 Å². The highest BCUT2D eigenvalue weighted by molar-refractivity contribution is 9.11. The largest absolute Gasteiger partial charge is 0.505 e. The summed E-state index contributed by atoms with van der Waals surface area (Å²) < 4.78 is 6.99. The maximum absolute atomic E-state index is 12.6. The van der Waals surface area contributed by atoms with E-state index in [1.54, 1.807) is 0 Å². The van der Waals surface area contributed by atoms with Crippen LogP contribution < -0.4 is 5.43 Å². The second-order valence-electron chi connectivity index (χ2n) is 4.23. The van der Waals surface area contributed by atoms with Crippen LogP contribution in [0.4, 0.5) is 0 Å². The minimum atomic E-state index is -0.269. The zero-order valence-electron chi connectivity index (χ0n) is 9.88. The van der Waals surface area contributed by atoms with Gasteiger partial charge in [-0.3, -0.25) is 4.79 Å². The van der Waals surface area contributed by atoms with Crippen LogP contribution in [-0.2, 0) is 0 Å². The number of hydrogen-bond donors (Lipinski definition) is 2. The Morgan fingerprint density at radius 1 is 0.810 bits per heavy atom. The van der Waals surface area contributed by atoms with Gasteiger partial charge in [-0.1, -0.05) is 0 Å². The Bertz CT molecular complexity index is 903. The van der Waals surface area contributed by atoms with Gasteiger partial charge in [-0.15, -0.1) is 0 Å². The Morgan fingerprint density at radius 2 is 1.19 bits per heavy atom. The van der Waals surface area contributed by atoms with Gasteiger partial charge in [0.15, 0.2) is 11.2 Å². The molecule has 0 aliphatic carbocycles. The highest BCUT2D eigenvalue weighted by Gasteiger charge is 2.19. The lowest BCUT2D eigenvalue weighted by atomic mass is 10.1. The molecular formula is C13H4Br4O4. The van der Waals surface area contributed by atoms with E-state index in [0.717, 1.165) is 0 Å². The van der Waals surface area contributed by atoms with Crippen LogP contribution >= 0.6 is 63.7 Å². The van der Waals surface area contributed by atoms with Crippen molar-refractivity contribution in [3.8, 4) is 11.5 Å². The van der Waals surface area contributed by atoms with Crippen molar-refractivity contribution >= 4 is 85.7 Å². The first-order valence-corrected chi connectivity index (χ1v) is 8.64. The van der Waals surface area contributed by atoms with E-state index in [4.69, 9.17) is 4.42 Å². The molecule has 0 radical (unpaired) electrons. The summed E-state index contributed by atoms with van der Waals surface area (Å²) in [5.74, 6) is -0.134. The first kappa shape index (κ1) is 15.3. The van der Waals surface area contributed by atoms with Crippen molar-refractivity contribution in [2.45, 2.75) is 0 Å². The third-order valence-corrected chi connectivity index (χ3v) is 5.67. The Kier molecular flexibility index (Phi) is 3.84. The number of aromatic hydroxyl groups is 2. The van der Waals surface area contributed by atoms with Gasteiger partial charge in [0.2, 0.25) is 5.43 Å². The van der Waals surface area contributed by atoms with E-state index in [0.29, 0.717) is 19.7 Å². The molecule has 0 spiro atoms. The first-order chi connectivity index (χ1) is 9.82. The topological polar surface area (TPSA) is 70.7 Å². The maximum atomic E-state index is 12.6. The molecule has 4 nitrogen and oxygen atoms in total. The molecule has 0 saturated heterocycles. The van der Waals surface area contributed by atoms with Crippen molar-refractivity contribution in [1.82, 2.24) is 0 Å². The molecule has 0 bridgehead atoms. The van der Waals surface area contributed by atoms with Crippen molar-refractivity contribution in [1.29, 1.82) is 0 Å². The zero-order valence-corrected chi connectivity index (χ0v) is 16.2. The third-order valence-electron chi connectivity index (χ3n) is 2.99. The van der Waals surface area contributed by atoms with Gasteiger partial charge in [-0.2, -0.15) is 0 Å². The molecule has 0 fully saturated rings. The lowest BCUT2D eigenvalue weighted by Crippen LogP contribution is -2.03. The monoisotopic (exact) mass is 540 g/mol. The molecule has 1 aromatic heterocycles. The summed E-state index contributed by atoms with van der Waals surface area (Å²) in [7, 11) is 0. The quantitative estimate of drug-likeness (QED) is 0.372. The van der Waals surface area contributed by atoms with Gasteiger partial charge in [-0.25, -0.2) is 0 Å². The predicted octanol–water partition coefficient (Wildman–Crippen LogP) is 5.41. The van der Waals surface area contributed by atoms with Crippen molar-refractivity contribution in [3.63, 3.8) is 0 Å². The van der Waals surface area contributed by atoms with E-state index in [9.17, 15) is 15.0 Å². The number of phenols is 2. The summed E-state index contributed by atoms with van der Waals surface area (Å²) in [6.45, 7) is 0. The van der Waals surface area contributed by atoms with Gasteiger partial charge < -0.3 is 14.6 Å². The number of halogens is 4.